The Bertz CT molecular complexity index is 4080. The number of benzene rings is 7. The van der Waals surface area contributed by atoms with Crippen LogP contribution in [0.5, 0.6) is 0 Å². The zero-order valence-electron chi connectivity index (χ0n) is 64.6. The van der Waals surface area contributed by atoms with Crippen molar-refractivity contribution in [2.75, 3.05) is 9.80 Å². The van der Waals surface area contributed by atoms with Crippen LogP contribution in [-0.4, -0.2) is 0 Å². The van der Waals surface area contributed by atoms with Crippen LogP contribution in [0.15, 0.2) is 115 Å². The van der Waals surface area contributed by atoms with Gasteiger partial charge >= 0.3 is 0 Å². The summed E-state index contributed by atoms with van der Waals surface area (Å²) < 4.78 is 0. The van der Waals surface area contributed by atoms with Crippen LogP contribution in [0.25, 0.3) is 21.5 Å². The zero-order chi connectivity index (χ0) is 68.7. The first-order chi connectivity index (χ1) is 47.5. The van der Waals surface area contributed by atoms with Gasteiger partial charge in [-0.3, -0.25) is 0 Å². The number of nitrogens with zero attached hydrogens (tertiary/aromatic N) is 2. The summed E-state index contributed by atoms with van der Waals surface area (Å²) in [6.07, 6.45) is 29.0. The fourth-order valence-corrected chi connectivity index (χ4v) is 27.3. The minimum Gasteiger partial charge on any atom is -0.309 e. The lowest BCUT2D eigenvalue weighted by atomic mass is 9.49. The van der Waals surface area contributed by atoms with Gasteiger partial charge in [-0.1, -0.05) is 165 Å². The molecule has 0 saturated heterocycles. The second-order valence-electron chi connectivity index (χ2n) is 43.0. The van der Waals surface area contributed by atoms with E-state index in [1.54, 1.807) is 22.3 Å². The highest BCUT2D eigenvalue weighted by atomic mass is 15.2. The van der Waals surface area contributed by atoms with E-state index < -0.39 is 0 Å². The SMILES string of the molecule is CC(C)(C)c1cc(N(c2cc(C3C4CC5CC(C4)CC3C5)cc(C3C4CC5CC(C4)CC3C5)c2)c2c3ccccc3c(N(c3cc(C4C5CC6CC(C5)CC4C6)cc(C4C5CC6CC(C5)CC4C6)c3)c3cc(C(C)(C)C)cc(C(C)(C)C)c3)c3cc(C(C)(C)C)ccc23)cc(C(C)(C)C)c1. The molecule has 0 N–H and O–H groups in total. The van der Waals surface area contributed by atoms with Crippen LogP contribution in [-0.2, 0) is 27.1 Å². The topological polar surface area (TPSA) is 6.48 Å². The quantitative estimate of drug-likeness (QED) is 0.0995. The summed E-state index contributed by atoms with van der Waals surface area (Å²) in [6, 6.07) is 51.1. The Balaban J connectivity index is 0.918. The Morgan fingerprint density at radius 1 is 0.220 bits per heavy atom. The average molecular weight is 1330 g/mol. The molecule has 0 amide bonds. The molecule has 0 aliphatic heterocycles. The monoisotopic (exact) mass is 1330 g/mol. The Labute approximate surface area is 604 Å². The number of hydrogen-bond donors (Lipinski definition) is 0. The van der Waals surface area contributed by atoms with Crippen LogP contribution in [0.4, 0.5) is 34.1 Å². The van der Waals surface area contributed by atoms with Gasteiger partial charge in [0.15, 0.2) is 0 Å². The lowest BCUT2D eigenvalue weighted by Gasteiger charge is -2.56. The molecule has 16 bridgehead atoms. The van der Waals surface area contributed by atoms with Crippen molar-refractivity contribution in [2.45, 2.75) is 283 Å². The van der Waals surface area contributed by atoms with E-state index in [4.69, 9.17) is 0 Å². The molecule has 16 fully saturated rings. The van der Waals surface area contributed by atoms with Crippen molar-refractivity contribution >= 4 is 55.7 Å². The van der Waals surface area contributed by atoms with E-state index in [-0.39, 0.29) is 27.1 Å². The molecule has 7 aromatic carbocycles. The van der Waals surface area contributed by atoms with Gasteiger partial charge < -0.3 is 9.80 Å². The Morgan fingerprint density at radius 2 is 0.450 bits per heavy atom. The van der Waals surface area contributed by atoms with Crippen molar-refractivity contribution in [3.8, 4) is 0 Å². The van der Waals surface area contributed by atoms with E-state index in [1.165, 1.54) is 212 Å². The first-order valence-corrected chi connectivity index (χ1v) is 41.7. The second kappa shape index (κ2) is 23.1. The van der Waals surface area contributed by atoms with Gasteiger partial charge in [0.2, 0.25) is 0 Å². The highest BCUT2D eigenvalue weighted by Crippen LogP contribution is 2.67. The predicted molar refractivity (Wildman–Crippen MR) is 423 cm³/mol. The molecule has 0 radical (unpaired) electrons. The van der Waals surface area contributed by atoms with Crippen LogP contribution in [0.2, 0.25) is 0 Å². The van der Waals surface area contributed by atoms with Gasteiger partial charge in [0.25, 0.3) is 0 Å². The summed E-state index contributed by atoms with van der Waals surface area (Å²) in [6.45, 7) is 37.0. The molecule has 23 rings (SSSR count). The maximum atomic E-state index is 2.95. The molecule has 100 heavy (non-hydrogen) atoms. The molecule has 0 unspecified atom stereocenters. The van der Waals surface area contributed by atoms with Crippen molar-refractivity contribution < 1.29 is 0 Å². The second-order valence-corrected chi connectivity index (χ2v) is 43.0. The van der Waals surface area contributed by atoms with E-state index in [2.05, 4.69) is 229 Å². The van der Waals surface area contributed by atoms with Crippen LogP contribution in [0.3, 0.4) is 0 Å². The fraction of sp³-hybridized carbons (Fsp3) is 0.612. The number of rotatable bonds is 10. The first-order valence-electron chi connectivity index (χ1n) is 41.7. The lowest BCUT2D eigenvalue weighted by molar-refractivity contribution is -0.00507. The largest absolute Gasteiger partial charge is 0.309 e. The molecule has 16 aliphatic rings. The molecule has 7 aromatic rings. The summed E-state index contributed by atoms with van der Waals surface area (Å²) in [5.74, 6) is 16.4. The third-order valence-electron chi connectivity index (χ3n) is 31.0. The van der Waals surface area contributed by atoms with Gasteiger partial charge in [-0.2, -0.15) is 0 Å². The molecule has 0 spiro atoms. The number of hydrogen-bond acceptors (Lipinski definition) is 2. The predicted octanol–water partition coefficient (Wildman–Crippen LogP) is 27.6. The maximum Gasteiger partial charge on any atom is 0.0620 e. The third-order valence-corrected chi connectivity index (χ3v) is 31.0. The molecule has 16 aliphatic carbocycles. The summed E-state index contributed by atoms with van der Waals surface area (Å²) in [5, 5.41) is 5.46. The fourth-order valence-electron chi connectivity index (χ4n) is 27.3. The molecule has 2 nitrogen and oxygen atoms in total. The molecule has 0 heterocycles. The standard InChI is InChI=1S/C98H124N2/c1-94(2,3)75-20-21-86-87(54-75)93(100(83-52-78(97(10,11)12)49-79(53-83)98(13,14)15)81-46-73(90-67-34-59-24-60(36-67)37-68(90)35-59)43-74(47-81)91-69-38-61-25-62(40-69)41-70(91)39-61)85-19-17-16-18-84(85)92(86)99(82-50-76(95(4,5)6)48-77(51-82)96(7,8)9)80-44-71(88-63-26-55-22-56(28-63)29-64(88)27-55)42-72(45-80)89-65-30-57-23-58(32-65)33-66(89)31-57/h16-21,42-70,88-91H,22-41H2,1-15H3. The molecular formula is C98H124N2. The molecule has 2 heteroatoms. The van der Waals surface area contributed by atoms with Gasteiger partial charge in [-0.25, -0.2) is 0 Å². The Hall–Kier alpha value is -5.34. The minimum atomic E-state index is -0.0947. The highest BCUT2D eigenvalue weighted by molar-refractivity contribution is 6.23. The Morgan fingerprint density at radius 3 is 0.700 bits per heavy atom. The Kier molecular flexibility index (Phi) is 15.1. The van der Waals surface area contributed by atoms with Crippen molar-refractivity contribution in [3.05, 3.63) is 165 Å². The van der Waals surface area contributed by atoms with E-state index in [0.29, 0.717) is 23.7 Å². The van der Waals surface area contributed by atoms with Gasteiger partial charge in [0.1, 0.15) is 0 Å². The number of anilines is 6. The first kappa shape index (κ1) is 65.4. The molecular weight excluding hydrogens is 1210 g/mol. The van der Waals surface area contributed by atoms with E-state index in [1.807, 2.05) is 0 Å². The minimum absolute atomic E-state index is 0.0697. The van der Waals surface area contributed by atoms with Crippen LogP contribution >= 0.6 is 0 Å². The van der Waals surface area contributed by atoms with Gasteiger partial charge in [0.05, 0.1) is 11.4 Å². The van der Waals surface area contributed by atoms with Crippen LogP contribution in [0, 0.1) is 94.7 Å². The summed E-state index contributed by atoms with van der Waals surface area (Å²) >= 11 is 0. The molecule has 526 valence electrons. The van der Waals surface area contributed by atoms with Crippen molar-refractivity contribution in [2.24, 2.45) is 94.7 Å². The van der Waals surface area contributed by atoms with Gasteiger partial charge in [0, 0.05) is 44.3 Å². The lowest BCUT2D eigenvalue weighted by Crippen LogP contribution is -2.44. The third kappa shape index (κ3) is 11.1. The highest BCUT2D eigenvalue weighted by Gasteiger charge is 2.54. The molecule has 0 aromatic heterocycles. The molecule has 0 atom stereocenters. The zero-order valence-corrected chi connectivity index (χ0v) is 64.6. The van der Waals surface area contributed by atoms with E-state index in [0.717, 1.165) is 94.7 Å². The van der Waals surface area contributed by atoms with Crippen molar-refractivity contribution in [1.82, 2.24) is 0 Å². The molecule has 16 saturated carbocycles. The summed E-state index contributed by atoms with van der Waals surface area (Å²) in [7, 11) is 0. The van der Waals surface area contributed by atoms with Crippen LogP contribution in [0.1, 0.15) is 306 Å². The van der Waals surface area contributed by atoms with Crippen molar-refractivity contribution in [1.29, 1.82) is 0 Å². The smallest absolute Gasteiger partial charge is 0.0620 e. The summed E-state index contributed by atoms with van der Waals surface area (Å²) in [4.78, 5) is 5.89. The maximum absolute atomic E-state index is 2.95. The van der Waals surface area contributed by atoms with Crippen LogP contribution < -0.4 is 9.80 Å². The normalized spacial score (nSPS) is 34.5. The van der Waals surface area contributed by atoms with Gasteiger partial charge in [-0.05, 0) is 379 Å². The van der Waals surface area contributed by atoms with E-state index >= 15 is 0 Å². The summed E-state index contributed by atoms with van der Waals surface area (Å²) in [5.41, 5.74) is 21.7. The van der Waals surface area contributed by atoms with Gasteiger partial charge in [-0.15, -0.1) is 0 Å². The number of fused-ring (bicyclic) bond motifs is 2. The van der Waals surface area contributed by atoms with Crippen molar-refractivity contribution in [3.63, 3.8) is 0 Å². The van der Waals surface area contributed by atoms with E-state index in [9.17, 15) is 0 Å². The average Bonchev–Trinajstić information content (AvgIpc) is 0.710.